The van der Waals surface area contributed by atoms with Crippen molar-refractivity contribution in [3.8, 4) is 0 Å². The maximum atomic E-state index is 3.84. The van der Waals surface area contributed by atoms with Crippen molar-refractivity contribution in [2.24, 2.45) is 11.3 Å². The van der Waals surface area contributed by atoms with Crippen LogP contribution in [0.1, 0.15) is 40.0 Å². The third-order valence-electron chi connectivity index (χ3n) is 4.00. The van der Waals surface area contributed by atoms with Gasteiger partial charge < -0.3 is 10.6 Å². The molecule has 2 fully saturated rings. The van der Waals surface area contributed by atoms with Crippen molar-refractivity contribution in [3.05, 3.63) is 0 Å². The van der Waals surface area contributed by atoms with Crippen LogP contribution in [0.25, 0.3) is 0 Å². The van der Waals surface area contributed by atoms with Crippen LogP contribution in [0.4, 0.5) is 0 Å². The molecule has 1 aliphatic heterocycles. The van der Waals surface area contributed by atoms with Crippen molar-refractivity contribution in [3.63, 3.8) is 0 Å². The van der Waals surface area contributed by atoms with Gasteiger partial charge in [0.15, 0.2) is 0 Å². The molecule has 3 unspecified atom stereocenters. The molecule has 0 aromatic rings. The number of hydrogen-bond donors (Lipinski definition) is 2. The molecule has 2 aliphatic rings. The highest BCUT2D eigenvalue weighted by Crippen LogP contribution is 2.36. The van der Waals surface area contributed by atoms with Crippen molar-refractivity contribution in [2.75, 3.05) is 13.1 Å². The van der Waals surface area contributed by atoms with Crippen LogP contribution in [0.5, 0.6) is 0 Å². The normalized spacial score (nSPS) is 40.9. The van der Waals surface area contributed by atoms with Gasteiger partial charge in [-0.2, -0.15) is 0 Å². The van der Waals surface area contributed by atoms with Crippen LogP contribution in [0.3, 0.4) is 0 Å². The summed E-state index contributed by atoms with van der Waals surface area (Å²) >= 11 is 0. The lowest BCUT2D eigenvalue weighted by Gasteiger charge is -2.40. The molecular weight excluding hydrogens is 172 g/mol. The molecule has 0 aromatic heterocycles. The SMILES string of the molecule is CCC1CC1NC1CCNCC1(C)C. The van der Waals surface area contributed by atoms with E-state index in [0.29, 0.717) is 5.41 Å². The first-order valence-corrected chi connectivity index (χ1v) is 6.10. The molecule has 0 spiro atoms. The first-order valence-electron chi connectivity index (χ1n) is 6.10. The third-order valence-corrected chi connectivity index (χ3v) is 4.00. The Hall–Kier alpha value is -0.0800. The molecule has 0 radical (unpaired) electrons. The lowest BCUT2D eigenvalue weighted by Crippen LogP contribution is -2.53. The van der Waals surface area contributed by atoms with E-state index in [4.69, 9.17) is 0 Å². The summed E-state index contributed by atoms with van der Waals surface area (Å²) in [4.78, 5) is 0. The maximum absolute atomic E-state index is 3.84. The van der Waals surface area contributed by atoms with Crippen LogP contribution in [-0.4, -0.2) is 25.2 Å². The van der Waals surface area contributed by atoms with E-state index >= 15 is 0 Å². The van der Waals surface area contributed by atoms with Gasteiger partial charge >= 0.3 is 0 Å². The van der Waals surface area contributed by atoms with Crippen molar-refractivity contribution in [1.82, 2.24) is 10.6 Å². The van der Waals surface area contributed by atoms with Gasteiger partial charge in [0.25, 0.3) is 0 Å². The average Bonchev–Trinajstić information content (AvgIpc) is 2.87. The number of nitrogens with one attached hydrogen (secondary N) is 2. The molecule has 2 N–H and O–H groups in total. The molecule has 0 bridgehead atoms. The Morgan fingerprint density at radius 1 is 1.43 bits per heavy atom. The Labute approximate surface area is 87.8 Å². The van der Waals surface area contributed by atoms with E-state index in [-0.39, 0.29) is 0 Å². The highest BCUT2D eigenvalue weighted by Gasteiger charge is 2.40. The minimum atomic E-state index is 0.430. The van der Waals surface area contributed by atoms with Crippen LogP contribution in [-0.2, 0) is 0 Å². The van der Waals surface area contributed by atoms with Crippen molar-refractivity contribution in [1.29, 1.82) is 0 Å². The van der Waals surface area contributed by atoms with E-state index < -0.39 is 0 Å². The predicted octanol–water partition coefficient (Wildman–Crippen LogP) is 1.76. The summed E-state index contributed by atoms with van der Waals surface area (Å²) in [6.45, 7) is 9.40. The molecule has 1 heterocycles. The first kappa shape index (κ1) is 10.4. The van der Waals surface area contributed by atoms with Crippen molar-refractivity contribution < 1.29 is 0 Å². The molecule has 2 rings (SSSR count). The third kappa shape index (κ3) is 2.12. The Morgan fingerprint density at radius 2 is 2.21 bits per heavy atom. The van der Waals surface area contributed by atoms with E-state index in [0.717, 1.165) is 24.5 Å². The molecule has 0 aromatic carbocycles. The highest BCUT2D eigenvalue weighted by atomic mass is 15.1. The highest BCUT2D eigenvalue weighted by molar-refractivity contribution is 4.99. The molecule has 1 aliphatic carbocycles. The molecule has 14 heavy (non-hydrogen) atoms. The summed E-state index contributed by atoms with van der Waals surface area (Å²) in [5.41, 5.74) is 0.430. The number of piperidine rings is 1. The summed E-state index contributed by atoms with van der Waals surface area (Å²) in [6.07, 6.45) is 4.06. The van der Waals surface area contributed by atoms with Crippen LogP contribution < -0.4 is 10.6 Å². The molecular formula is C12H24N2. The van der Waals surface area contributed by atoms with Crippen LogP contribution in [0.15, 0.2) is 0 Å². The monoisotopic (exact) mass is 196 g/mol. The molecule has 1 saturated carbocycles. The second kappa shape index (κ2) is 3.82. The van der Waals surface area contributed by atoms with Crippen LogP contribution in [0, 0.1) is 11.3 Å². The summed E-state index contributed by atoms with van der Waals surface area (Å²) in [5, 5.41) is 7.33. The van der Waals surface area contributed by atoms with Gasteiger partial charge in [0, 0.05) is 18.6 Å². The maximum Gasteiger partial charge on any atom is 0.0145 e. The largest absolute Gasteiger partial charge is 0.316 e. The zero-order chi connectivity index (χ0) is 10.2. The summed E-state index contributed by atoms with van der Waals surface area (Å²) in [5.74, 6) is 0.973. The molecule has 2 nitrogen and oxygen atoms in total. The minimum Gasteiger partial charge on any atom is -0.316 e. The van der Waals surface area contributed by atoms with E-state index in [1.54, 1.807) is 0 Å². The minimum absolute atomic E-state index is 0.430. The topological polar surface area (TPSA) is 24.1 Å². The Morgan fingerprint density at radius 3 is 2.79 bits per heavy atom. The fourth-order valence-electron chi connectivity index (χ4n) is 2.64. The van der Waals surface area contributed by atoms with Gasteiger partial charge in [-0.15, -0.1) is 0 Å². The van der Waals surface area contributed by atoms with E-state index in [9.17, 15) is 0 Å². The van der Waals surface area contributed by atoms with Gasteiger partial charge in [-0.05, 0) is 30.7 Å². The number of hydrogen-bond acceptors (Lipinski definition) is 2. The van der Waals surface area contributed by atoms with Crippen molar-refractivity contribution >= 4 is 0 Å². The smallest absolute Gasteiger partial charge is 0.0145 e. The van der Waals surface area contributed by atoms with Crippen LogP contribution >= 0.6 is 0 Å². The first-order chi connectivity index (χ1) is 6.63. The quantitative estimate of drug-likeness (QED) is 0.719. The molecule has 0 amide bonds. The lowest BCUT2D eigenvalue weighted by atomic mass is 9.80. The zero-order valence-electron chi connectivity index (χ0n) is 9.77. The second-order valence-corrected chi connectivity index (χ2v) is 5.68. The molecule has 1 saturated heterocycles. The Balaban J connectivity index is 1.84. The Kier molecular flexibility index (Phi) is 2.85. The van der Waals surface area contributed by atoms with Crippen LogP contribution in [0.2, 0.25) is 0 Å². The van der Waals surface area contributed by atoms with E-state index in [1.807, 2.05) is 0 Å². The predicted molar refractivity (Wildman–Crippen MR) is 60.4 cm³/mol. The lowest BCUT2D eigenvalue weighted by molar-refractivity contribution is 0.182. The standard InChI is InChI=1S/C12H24N2/c1-4-9-7-10(9)14-11-5-6-13-8-12(11,2)3/h9-11,13-14H,4-8H2,1-3H3. The molecule has 82 valence electrons. The molecule has 3 atom stereocenters. The van der Waals surface area contributed by atoms with E-state index in [1.165, 1.54) is 25.8 Å². The van der Waals surface area contributed by atoms with E-state index in [2.05, 4.69) is 31.4 Å². The fraction of sp³-hybridized carbons (Fsp3) is 1.00. The van der Waals surface area contributed by atoms with Gasteiger partial charge in [-0.3, -0.25) is 0 Å². The van der Waals surface area contributed by atoms with Gasteiger partial charge in [0.2, 0.25) is 0 Å². The summed E-state index contributed by atoms with van der Waals surface area (Å²) < 4.78 is 0. The number of rotatable bonds is 3. The Bertz CT molecular complexity index is 200. The summed E-state index contributed by atoms with van der Waals surface area (Å²) in [6, 6.07) is 1.56. The van der Waals surface area contributed by atoms with Gasteiger partial charge in [0.05, 0.1) is 0 Å². The summed E-state index contributed by atoms with van der Waals surface area (Å²) in [7, 11) is 0. The average molecular weight is 196 g/mol. The fourth-order valence-corrected chi connectivity index (χ4v) is 2.64. The van der Waals surface area contributed by atoms with Gasteiger partial charge in [-0.25, -0.2) is 0 Å². The van der Waals surface area contributed by atoms with Crippen molar-refractivity contribution in [2.45, 2.75) is 52.1 Å². The second-order valence-electron chi connectivity index (χ2n) is 5.68. The van der Waals surface area contributed by atoms with Gasteiger partial charge in [-0.1, -0.05) is 27.2 Å². The van der Waals surface area contributed by atoms with Gasteiger partial charge in [0.1, 0.15) is 0 Å². The zero-order valence-corrected chi connectivity index (χ0v) is 9.77. The molecule has 2 heteroatoms.